The summed E-state index contributed by atoms with van der Waals surface area (Å²) in [5.41, 5.74) is -2.20. The predicted molar refractivity (Wildman–Crippen MR) is 47.2 cm³/mol. The number of halogens is 6. The van der Waals surface area contributed by atoms with E-state index in [2.05, 4.69) is 9.72 Å². The van der Waals surface area contributed by atoms with E-state index in [1.165, 1.54) is 0 Å². The summed E-state index contributed by atoms with van der Waals surface area (Å²) in [7, 11) is 0. The lowest BCUT2D eigenvalue weighted by atomic mass is 10.1. The molecule has 0 aliphatic rings. The maximum Gasteiger partial charge on any atom is 0.574 e. The highest BCUT2D eigenvalue weighted by Gasteiger charge is 2.33. The van der Waals surface area contributed by atoms with Gasteiger partial charge in [-0.2, -0.15) is 9.37 Å². The number of pyridine rings is 1. The number of hydrogen-bond acceptors (Lipinski definition) is 3. The Kier molecular flexibility index (Phi) is 4.22. The average Bonchev–Trinajstić information content (AvgIpc) is 2.18. The Bertz CT molecular complexity index is 488. The number of nitrogens with zero attached hydrogens (tertiary/aromatic N) is 1. The van der Waals surface area contributed by atoms with Crippen molar-refractivity contribution in [2.75, 3.05) is 0 Å². The van der Waals surface area contributed by atoms with Crippen molar-refractivity contribution in [2.24, 2.45) is 0 Å². The number of carboxylic acids is 1. The summed E-state index contributed by atoms with van der Waals surface area (Å²) in [6, 6.07) is 0.152. The number of aromatic nitrogens is 1. The highest BCUT2D eigenvalue weighted by Crippen LogP contribution is 2.30. The van der Waals surface area contributed by atoms with Crippen molar-refractivity contribution in [2.45, 2.75) is 19.2 Å². The Hall–Kier alpha value is -2.00. The van der Waals surface area contributed by atoms with Gasteiger partial charge < -0.3 is 9.84 Å². The van der Waals surface area contributed by atoms with Crippen molar-refractivity contribution in [3.63, 3.8) is 0 Å². The molecule has 0 saturated heterocycles. The molecule has 19 heavy (non-hydrogen) atoms. The summed E-state index contributed by atoms with van der Waals surface area (Å²) in [5, 5.41) is 8.40. The fraction of sp³-hybridized carbons (Fsp3) is 0.333. The molecule has 0 unspecified atom stereocenters. The van der Waals surface area contributed by atoms with Crippen molar-refractivity contribution in [1.29, 1.82) is 0 Å². The molecule has 106 valence electrons. The number of carbonyl (C=O) groups is 1. The number of carboxylic acid groups (broad SMARTS) is 1. The summed E-state index contributed by atoms with van der Waals surface area (Å²) in [6.45, 7) is 0. The summed E-state index contributed by atoms with van der Waals surface area (Å²) >= 11 is 0. The number of ether oxygens (including phenoxy) is 1. The van der Waals surface area contributed by atoms with Gasteiger partial charge in [-0.25, -0.2) is 8.78 Å². The molecular formula is C9H5F6NO3. The summed E-state index contributed by atoms with van der Waals surface area (Å²) in [5.74, 6) is -4.80. The van der Waals surface area contributed by atoms with Gasteiger partial charge in [0.2, 0.25) is 11.8 Å². The van der Waals surface area contributed by atoms with Crippen LogP contribution in [-0.2, 0) is 11.2 Å². The highest BCUT2D eigenvalue weighted by atomic mass is 19.4. The van der Waals surface area contributed by atoms with E-state index in [9.17, 15) is 31.1 Å². The second kappa shape index (κ2) is 5.33. The molecule has 0 aromatic carbocycles. The van der Waals surface area contributed by atoms with Crippen LogP contribution in [0.2, 0.25) is 0 Å². The molecule has 0 aliphatic heterocycles. The van der Waals surface area contributed by atoms with Gasteiger partial charge in [-0.1, -0.05) is 0 Å². The first-order valence-electron chi connectivity index (χ1n) is 4.55. The Morgan fingerprint density at radius 3 is 2.42 bits per heavy atom. The maximum absolute atomic E-state index is 13.3. The molecule has 0 amide bonds. The molecule has 0 bridgehead atoms. The van der Waals surface area contributed by atoms with Gasteiger partial charge in [0, 0.05) is 17.2 Å². The van der Waals surface area contributed by atoms with Crippen molar-refractivity contribution >= 4 is 5.97 Å². The van der Waals surface area contributed by atoms with Crippen LogP contribution in [0.3, 0.4) is 0 Å². The van der Waals surface area contributed by atoms with Crippen LogP contribution in [0.15, 0.2) is 6.07 Å². The third-order valence-electron chi connectivity index (χ3n) is 1.87. The molecule has 4 nitrogen and oxygen atoms in total. The summed E-state index contributed by atoms with van der Waals surface area (Å²) in [6.07, 6.45) is -9.74. The molecule has 10 heteroatoms. The Labute approximate surface area is 101 Å². The minimum absolute atomic E-state index is 0.152. The van der Waals surface area contributed by atoms with Crippen LogP contribution in [0.5, 0.6) is 5.88 Å². The topological polar surface area (TPSA) is 59.4 Å². The van der Waals surface area contributed by atoms with Gasteiger partial charge in [0.05, 0.1) is 6.42 Å². The fourth-order valence-electron chi connectivity index (χ4n) is 1.23. The molecule has 0 radical (unpaired) electrons. The van der Waals surface area contributed by atoms with Gasteiger partial charge in [0.1, 0.15) is 0 Å². The SMILES string of the molecule is O=C(O)Cc1c(C(F)F)cc(OC(F)(F)F)nc1F. The first-order valence-corrected chi connectivity index (χ1v) is 4.55. The normalized spacial score (nSPS) is 11.7. The zero-order valence-corrected chi connectivity index (χ0v) is 8.84. The minimum atomic E-state index is -5.23. The van der Waals surface area contributed by atoms with E-state index >= 15 is 0 Å². The first kappa shape index (κ1) is 15.1. The van der Waals surface area contributed by atoms with Crippen LogP contribution in [0.25, 0.3) is 0 Å². The van der Waals surface area contributed by atoms with E-state index in [4.69, 9.17) is 5.11 Å². The predicted octanol–water partition coefficient (Wildman–Crippen LogP) is 2.68. The quantitative estimate of drug-likeness (QED) is 0.684. The number of hydrogen-bond donors (Lipinski definition) is 1. The molecular weight excluding hydrogens is 284 g/mol. The van der Waals surface area contributed by atoms with Crippen LogP contribution in [0.1, 0.15) is 17.6 Å². The fourth-order valence-corrected chi connectivity index (χ4v) is 1.23. The Morgan fingerprint density at radius 2 is 2.00 bits per heavy atom. The van der Waals surface area contributed by atoms with E-state index in [0.717, 1.165) is 0 Å². The lowest BCUT2D eigenvalue weighted by molar-refractivity contribution is -0.276. The zero-order valence-electron chi connectivity index (χ0n) is 8.84. The largest absolute Gasteiger partial charge is 0.574 e. The molecule has 1 heterocycles. The maximum atomic E-state index is 13.3. The minimum Gasteiger partial charge on any atom is -0.481 e. The number of rotatable bonds is 4. The average molecular weight is 289 g/mol. The van der Waals surface area contributed by atoms with Gasteiger partial charge in [-0.15, -0.1) is 13.2 Å². The highest BCUT2D eigenvalue weighted by molar-refractivity contribution is 5.70. The molecule has 1 N–H and O–H groups in total. The van der Waals surface area contributed by atoms with Gasteiger partial charge in [0.25, 0.3) is 6.43 Å². The van der Waals surface area contributed by atoms with Gasteiger partial charge in [-0.05, 0) is 0 Å². The molecule has 0 atom stereocenters. The Balaban J connectivity index is 3.25. The van der Waals surface area contributed by atoms with Crippen molar-refractivity contribution in [3.8, 4) is 5.88 Å². The van der Waals surface area contributed by atoms with Crippen LogP contribution >= 0.6 is 0 Å². The van der Waals surface area contributed by atoms with Crippen LogP contribution < -0.4 is 4.74 Å². The molecule has 0 saturated carbocycles. The standard InChI is InChI=1S/C9H5F6NO3/c10-7(11)3-1-5(19-9(13,14)15)16-8(12)4(3)2-6(17)18/h1,7H,2H2,(H,17,18). The number of alkyl halides is 5. The van der Waals surface area contributed by atoms with E-state index < -0.39 is 48.1 Å². The lowest BCUT2D eigenvalue weighted by Crippen LogP contribution is -2.19. The van der Waals surface area contributed by atoms with Gasteiger partial charge >= 0.3 is 12.3 Å². The summed E-state index contributed by atoms with van der Waals surface area (Å²) in [4.78, 5) is 13.0. The molecule has 1 aromatic rings. The van der Waals surface area contributed by atoms with Gasteiger partial charge in [0.15, 0.2) is 0 Å². The van der Waals surface area contributed by atoms with Gasteiger partial charge in [-0.3, -0.25) is 4.79 Å². The van der Waals surface area contributed by atoms with Crippen molar-refractivity contribution in [1.82, 2.24) is 4.98 Å². The van der Waals surface area contributed by atoms with E-state index in [1.807, 2.05) is 0 Å². The Morgan fingerprint density at radius 1 is 1.42 bits per heavy atom. The third kappa shape index (κ3) is 4.30. The smallest absolute Gasteiger partial charge is 0.481 e. The van der Waals surface area contributed by atoms with Crippen LogP contribution in [-0.4, -0.2) is 22.4 Å². The zero-order chi connectivity index (χ0) is 14.8. The van der Waals surface area contributed by atoms with Crippen LogP contribution in [0.4, 0.5) is 26.3 Å². The summed E-state index contributed by atoms with van der Waals surface area (Å²) < 4.78 is 77.1. The number of aliphatic carboxylic acids is 1. The molecule has 1 rings (SSSR count). The van der Waals surface area contributed by atoms with E-state index in [-0.39, 0.29) is 6.07 Å². The van der Waals surface area contributed by atoms with Crippen LogP contribution in [0, 0.1) is 5.95 Å². The van der Waals surface area contributed by atoms with Crippen molar-refractivity contribution in [3.05, 3.63) is 23.1 Å². The first-order chi connectivity index (χ1) is 8.60. The van der Waals surface area contributed by atoms with Crippen molar-refractivity contribution < 1.29 is 41.0 Å². The molecule has 0 fully saturated rings. The monoisotopic (exact) mass is 289 g/mol. The van der Waals surface area contributed by atoms with E-state index in [0.29, 0.717) is 0 Å². The lowest BCUT2D eigenvalue weighted by Gasteiger charge is -2.12. The molecule has 1 aromatic heterocycles. The second-order valence-corrected chi connectivity index (χ2v) is 3.24. The molecule has 0 spiro atoms. The third-order valence-corrected chi connectivity index (χ3v) is 1.87. The van der Waals surface area contributed by atoms with E-state index in [1.54, 1.807) is 0 Å². The molecule has 0 aliphatic carbocycles. The second-order valence-electron chi connectivity index (χ2n) is 3.24.